The Balaban J connectivity index is 1.97. The van der Waals surface area contributed by atoms with E-state index < -0.39 is 0 Å². The molecule has 1 aromatic rings. The van der Waals surface area contributed by atoms with E-state index in [0.29, 0.717) is 0 Å². The van der Waals surface area contributed by atoms with Gasteiger partial charge in [0.15, 0.2) is 0 Å². The fourth-order valence-corrected chi connectivity index (χ4v) is 3.42. The van der Waals surface area contributed by atoms with Crippen molar-refractivity contribution in [3.8, 4) is 0 Å². The van der Waals surface area contributed by atoms with Gasteiger partial charge in [-0.25, -0.2) is 0 Å². The van der Waals surface area contributed by atoms with Crippen molar-refractivity contribution in [1.82, 2.24) is 0 Å². The maximum Gasteiger partial charge on any atom is 0.0192 e. The third-order valence-corrected chi connectivity index (χ3v) is 4.79. The zero-order valence-corrected chi connectivity index (χ0v) is 10.7. The van der Waals surface area contributed by atoms with Crippen LogP contribution in [0.15, 0.2) is 18.2 Å². The minimum atomic E-state index is 0.851. The second-order valence-electron chi connectivity index (χ2n) is 4.72. The van der Waals surface area contributed by atoms with Crippen molar-refractivity contribution in [3.05, 3.63) is 34.9 Å². The van der Waals surface area contributed by atoms with E-state index in [-0.39, 0.29) is 0 Å². The Bertz CT molecular complexity index is 319. The van der Waals surface area contributed by atoms with Gasteiger partial charge in [-0.15, -0.1) is 0 Å². The highest BCUT2D eigenvalue weighted by Gasteiger charge is 2.28. The molecule has 0 aliphatic heterocycles. The Morgan fingerprint density at radius 1 is 1.27 bits per heavy atom. The monoisotopic (exact) mass is 220 g/mol. The Morgan fingerprint density at radius 3 is 2.40 bits per heavy atom. The van der Waals surface area contributed by atoms with Gasteiger partial charge in [0.25, 0.3) is 0 Å². The molecule has 15 heavy (non-hydrogen) atoms. The van der Waals surface area contributed by atoms with E-state index in [1.807, 2.05) is 0 Å². The van der Waals surface area contributed by atoms with Crippen LogP contribution in [0, 0.1) is 19.8 Å². The summed E-state index contributed by atoms with van der Waals surface area (Å²) in [4.78, 5) is 0. The van der Waals surface area contributed by atoms with Crippen molar-refractivity contribution in [3.63, 3.8) is 0 Å². The smallest absolute Gasteiger partial charge is 0.0192 e. The van der Waals surface area contributed by atoms with E-state index in [2.05, 4.69) is 50.7 Å². The standard InChI is InChI=1S/C14H20S/c1-10-5-4-6-11(2)14(10)9-15-12(3)13-7-8-13/h4-6,12-13H,7-9H2,1-3H3. The van der Waals surface area contributed by atoms with Crippen LogP contribution in [-0.2, 0) is 5.75 Å². The van der Waals surface area contributed by atoms with Gasteiger partial charge < -0.3 is 0 Å². The number of thioether (sulfide) groups is 1. The first-order valence-electron chi connectivity index (χ1n) is 5.85. The Kier molecular flexibility index (Phi) is 3.40. The predicted molar refractivity (Wildman–Crippen MR) is 69.4 cm³/mol. The fraction of sp³-hybridized carbons (Fsp3) is 0.571. The molecule has 2 rings (SSSR count). The van der Waals surface area contributed by atoms with Crippen LogP contribution >= 0.6 is 11.8 Å². The molecule has 0 nitrogen and oxygen atoms in total. The van der Waals surface area contributed by atoms with Gasteiger partial charge in [0, 0.05) is 11.0 Å². The molecule has 0 spiro atoms. The summed E-state index contributed by atoms with van der Waals surface area (Å²) in [5.41, 5.74) is 4.45. The van der Waals surface area contributed by atoms with Crippen molar-refractivity contribution < 1.29 is 0 Å². The summed E-state index contributed by atoms with van der Waals surface area (Å²) in [6.07, 6.45) is 2.92. The van der Waals surface area contributed by atoms with Crippen LogP contribution in [0.1, 0.15) is 36.5 Å². The molecular formula is C14H20S. The highest BCUT2D eigenvalue weighted by molar-refractivity contribution is 7.99. The molecule has 1 saturated carbocycles. The lowest BCUT2D eigenvalue weighted by atomic mass is 10.1. The molecule has 1 heteroatoms. The van der Waals surface area contributed by atoms with Crippen molar-refractivity contribution in [2.45, 2.75) is 44.6 Å². The zero-order chi connectivity index (χ0) is 10.8. The lowest BCUT2D eigenvalue weighted by molar-refractivity contribution is 0.819. The first kappa shape index (κ1) is 11.1. The minimum Gasteiger partial charge on any atom is -0.154 e. The lowest BCUT2D eigenvalue weighted by Gasteiger charge is -2.13. The summed E-state index contributed by atoms with van der Waals surface area (Å²) in [5.74, 6) is 2.20. The molecule has 1 aliphatic carbocycles. The van der Waals surface area contributed by atoms with Crippen molar-refractivity contribution in [2.24, 2.45) is 5.92 Å². The van der Waals surface area contributed by atoms with Crippen LogP contribution < -0.4 is 0 Å². The van der Waals surface area contributed by atoms with Gasteiger partial charge in [-0.05, 0) is 49.3 Å². The molecule has 0 radical (unpaired) electrons. The predicted octanol–water partition coefficient (Wildman–Crippen LogP) is 4.34. The molecule has 0 heterocycles. The van der Waals surface area contributed by atoms with Crippen LogP contribution in [0.2, 0.25) is 0 Å². The van der Waals surface area contributed by atoms with Gasteiger partial charge in [-0.2, -0.15) is 11.8 Å². The Labute approximate surface area is 97.5 Å². The van der Waals surface area contributed by atoms with Crippen LogP contribution in [0.5, 0.6) is 0 Å². The molecule has 1 atom stereocenters. The molecule has 0 bridgehead atoms. The quantitative estimate of drug-likeness (QED) is 0.727. The van der Waals surface area contributed by atoms with E-state index >= 15 is 0 Å². The van der Waals surface area contributed by atoms with Crippen LogP contribution in [0.4, 0.5) is 0 Å². The molecule has 1 unspecified atom stereocenters. The van der Waals surface area contributed by atoms with Crippen molar-refractivity contribution in [2.75, 3.05) is 0 Å². The largest absolute Gasteiger partial charge is 0.154 e. The molecule has 1 fully saturated rings. The Morgan fingerprint density at radius 2 is 1.87 bits per heavy atom. The SMILES string of the molecule is Cc1cccc(C)c1CSC(C)C1CC1. The summed E-state index contributed by atoms with van der Waals surface area (Å²) in [6.45, 7) is 6.84. The summed E-state index contributed by atoms with van der Waals surface area (Å²) >= 11 is 2.13. The molecule has 1 aromatic carbocycles. The van der Waals surface area contributed by atoms with E-state index in [9.17, 15) is 0 Å². The summed E-state index contributed by atoms with van der Waals surface area (Å²) < 4.78 is 0. The van der Waals surface area contributed by atoms with Crippen LogP contribution in [-0.4, -0.2) is 5.25 Å². The van der Waals surface area contributed by atoms with E-state index in [4.69, 9.17) is 0 Å². The summed E-state index contributed by atoms with van der Waals surface area (Å²) in [5, 5.41) is 0.851. The molecule has 0 aromatic heterocycles. The zero-order valence-electron chi connectivity index (χ0n) is 9.92. The molecule has 0 N–H and O–H groups in total. The summed E-state index contributed by atoms with van der Waals surface area (Å²) in [7, 11) is 0. The van der Waals surface area contributed by atoms with E-state index in [1.165, 1.54) is 29.7 Å². The highest BCUT2D eigenvalue weighted by Crippen LogP contribution is 2.40. The van der Waals surface area contributed by atoms with Crippen molar-refractivity contribution in [1.29, 1.82) is 0 Å². The minimum absolute atomic E-state index is 0.851. The molecule has 0 amide bonds. The third kappa shape index (κ3) is 2.78. The number of rotatable bonds is 4. The fourth-order valence-electron chi connectivity index (χ4n) is 1.99. The van der Waals surface area contributed by atoms with Gasteiger partial charge in [0.05, 0.1) is 0 Å². The number of benzene rings is 1. The van der Waals surface area contributed by atoms with Gasteiger partial charge in [0.1, 0.15) is 0 Å². The van der Waals surface area contributed by atoms with Gasteiger partial charge in [-0.1, -0.05) is 25.1 Å². The number of hydrogen-bond donors (Lipinski definition) is 0. The third-order valence-electron chi connectivity index (χ3n) is 3.42. The number of hydrogen-bond acceptors (Lipinski definition) is 1. The Hall–Kier alpha value is -0.430. The van der Waals surface area contributed by atoms with Crippen LogP contribution in [0.25, 0.3) is 0 Å². The second kappa shape index (κ2) is 4.61. The first-order valence-corrected chi connectivity index (χ1v) is 6.90. The molecule has 0 saturated heterocycles. The average molecular weight is 220 g/mol. The normalized spacial score (nSPS) is 17.8. The number of aryl methyl sites for hydroxylation is 2. The van der Waals surface area contributed by atoms with E-state index in [0.717, 1.165) is 11.2 Å². The topological polar surface area (TPSA) is 0 Å². The van der Waals surface area contributed by atoms with Gasteiger partial charge in [0.2, 0.25) is 0 Å². The summed E-state index contributed by atoms with van der Waals surface area (Å²) in [6, 6.07) is 6.61. The van der Waals surface area contributed by atoms with Crippen molar-refractivity contribution >= 4 is 11.8 Å². The molecular weight excluding hydrogens is 200 g/mol. The second-order valence-corrected chi connectivity index (χ2v) is 6.09. The maximum absolute atomic E-state index is 2.38. The lowest BCUT2D eigenvalue weighted by Crippen LogP contribution is -2.00. The molecule has 82 valence electrons. The van der Waals surface area contributed by atoms with Gasteiger partial charge in [-0.3, -0.25) is 0 Å². The van der Waals surface area contributed by atoms with Gasteiger partial charge >= 0.3 is 0 Å². The first-order chi connectivity index (χ1) is 7.18. The molecule has 1 aliphatic rings. The van der Waals surface area contributed by atoms with Crippen LogP contribution in [0.3, 0.4) is 0 Å². The van der Waals surface area contributed by atoms with E-state index in [1.54, 1.807) is 5.56 Å². The maximum atomic E-state index is 2.38. The highest BCUT2D eigenvalue weighted by atomic mass is 32.2. The average Bonchev–Trinajstić information content (AvgIpc) is 2.99.